The maximum Gasteiger partial charge on any atom is 0.410 e. The largest absolute Gasteiger partial charge is 0.462 e. The maximum absolute atomic E-state index is 15.3. The lowest BCUT2D eigenvalue weighted by atomic mass is 9.68. The first-order valence-corrected chi connectivity index (χ1v) is 14.3. The number of piperidine rings is 1. The minimum Gasteiger partial charge on any atom is -0.462 e. The molecular weight excluding hydrogens is 567 g/mol. The molecule has 9 heteroatoms. The number of hydrogen-bond donors (Lipinski definition) is 1. The van der Waals surface area contributed by atoms with Gasteiger partial charge in [0.05, 0.1) is 18.1 Å². The highest BCUT2D eigenvalue weighted by atomic mass is 79.9. The molecule has 7 nitrogen and oxygen atoms in total. The Kier molecular flexibility index (Phi) is 8.31. The van der Waals surface area contributed by atoms with Gasteiger partial charge in [0, 0.05) is 46.5 Å². The molecule has 1 unspecified atom stereocenters. The highest BCUT2D eigenvalue weighted by molar-refractivity contribution is 9.10. The minimum absolute atomic E-state index is 0.0832. The van der Waals surface area contributed by atoms with Gasteiger partial charge in [-0.15, -0.1) is 0 Å². The molecule has 0 bridgehead atoms. The summed E-state index contributed by atoms with van der Waals surface area (Å²) in [6.07, 6.45) is 1.96. The number of ketones is 1. The molecule has 0 radical (unpaired) electrons. The zero-order valence-corrected chi connectivity index (χ0v) is 25.2. The second-order valence-corrected chi connectivity index (χ2v) is 13.5. The van der Waals surface area contributed by atoms with Gasteiger partial charge in [0.2, 0.25) is 0 Å². The van der Waals surface area contributed by atoms with Gasteiger partial charge in [-0.3, -0.25) is 4.79 Å². The van der Waals surface area contributed by atoms with Gasteiger partial charge in [-0.2, -0.15) is 0 Å². The number of nitrogens with zero attached hydrogens (tertiary/aromatic N) is 1. The predicted octanol–water partition coefficient (Wildman–Crippen LogP) is 6.38. The molecule has 1 fully saturated rings. The number of ether oxygens (including phenoxy) is 2. The molecule has 0 spiro atoms. The fourth-order valence-corrected chi connectivity index (χ4v) is 5.97. The number of nitrogens with one attached hydrogen (secondary N) is 1. The van der Waals surface area contributed by atoms with E-state index in [4.69, 9.17) is 9.47 Å². The average molecular weight is 606 g/mol. The van der Waals surface area contributed by atoms with Crippen LogP contribution in [0, 0.1) is 17.2 Å². The van der Waals surface area contributed by atoms with Crippen molar-refractivity contribution in [3.8, 4) is 0 Å². The summed E-state index contributed by atoms with van der Waals surface area (Å²) in [5.41, 5.74) is 1.49. The molecule has 0 aromatic heterocycles. The number of hydrogen-bond acceptors (Lipinski definition) is 6. The number of likely N-dealkylation sites (tertiary alicyclic amines) is 1. The third kappa shape index (κ3) is 6.73. The number of benzene rings is 1. The number of amides is 1. The molecule has 1 aromatic rings. The fraction of sp³-hybridized carbons (Fsp3) is 0.567. The van der Waals surface area contributed by atoms with Crippen LogP contribution in [0.4, 0.5) is 9.18 Å². The lowest BCUT2D eigenvalue weighted by Crippen LogP contribution is -2.42. The van der Waals surface area contributed by atoms with Gasteiger partial charge in [-0.1, -0.05) is 35.8 Å². The summed E-state index contributed by atoms with van der Waals surface area (Å²) in [7, 11) is 0. The summed E-state index contributed by atoms with van der Waals surface area (Å²) in [4.78, 5) is 41.0. The fourth-order valence-electron chi connectivity index (χ4n) is 5.63. The normalized spacial score (nSPS) is 21.9. The topological polar surface area (TPSA) is 84.9 Å². The van der Waals surface area contributed by atoms with E-state index in [1.165, 1.54) is 6.07 Å². The van der Waals surface area contributed by atoms with Crippen LogP contribution in [-0.4, -0.2) is 48.0 Å². The van der Waals surface area contributed by atoms with Gasteiger partial charge < -0.3 is 19.7 Å². The van der Waals surface area contributed by atoms with E-state index in [-0.39, 0.29) is 41.0 Å². The van der Waals surface area contributed by atoms with Gasteiger partial charge in [-0.05, 0) is 70.4 Å². The van der Waals surface area contributed by atoms with Crippen molar-refractivity contribution in [1.82, 2.24) is 10.2 Å². The van der Waals surface area contributed by atoms with Crippen LogP contribution in [0.15, 0.2) is 45.2 Å². The zero-order chi connectivity index (χ0) is 28.7. The first-order chi connectivity index (χ1) is 18.1. The second kappa shape index (κ2) is 11.1. The first kappa shape index (κ1) is 29.3. The summed E-state index contributed by atoms with van der Waals surface area (Å²) in [6, 6.07) is 4.69. The van der Waals surface area contributed by atoms with Crippen LogP contribution in [0.25, 0.3) is 0 Å². The standard InChI is InChI=1S/C30H38BrFN2O5/c1-17-24(27(36)38-16-18-9-11-34(12-10-18)28(37)39-29(2,3)4)25(20-8-7-19(31)13-21(20)32)26-22(33-17)14-30(5,6)15-23(26)35/h7-8,13,18,25,33H,9-12,14-16H2,1-6H3. The molecule has 4 rings (SSSR count). The van der Waals surface area contributed by atoms with E-state index >= 15 is 4.39 Å². The third-order valence-corrected chi connectivity index (χ3v) is 7.94. The lowest BCUT2D eigenvalue weighted by Gasteiger charge is -2.39. The van der Waals surface area contributed by atoms with Crippen molar-refractivity contribution >= 4 is 33.8 Å². The van der Waals surface area contributed by atoms with Gasteiger partial charge >= 0.3 is 12.1 Å². The second-order valence-electron chi connectivity index (χ2n) is 12.6. The van der Waals surface area contributed by atoms with Crippen molar-refractivity contribution in [2.45, 2.75) is 78.7 Å². The Morgan fingerprint density at radius 3 is 2.46 bits per heavy atom. The van der Waals surface area contributed by atoms with E-state index in [0.29, 0.717) is 54.5 Å². The third-order valence-electron chi connectivity index (χ3n) is 7.45. The quantitative estimate of drug-likeness (QED) is 0.401. The summed E-state index contributed by atoms with van der Waals surface area (Å²) < 4.78 is 27.2. The van der Waals surface area contributed by atoms with E-state index in [1.54, 1.807) is 24.0 Å². The lowest BCUT2D eigenvalue weighted by molar-refractivity contribution is -0.141. The number of halogens is 2. The Morgan fingerprint density at radius 1 is 1.18 bits per heavy atom. The van der Waals surface area contributed by atoms with Crippen LogP contribution < -0.4 is 5.32 Å². The van der Waals surface area contributed by atoms with E-state index in [2.05, 4.69) is 21.2 Å². The Hall–Kier alpha value is -2.68. The molecule has 2 aliphatic heterocycles. The van der Waals surface area contributed by atoms with Crippen LogP contribution in [0.5, 0.6) is 0 Å². The maximum atomic E-state index is 15.3. The molecule has 1 atom stereocenters. The summed E-state index contributed by atoms with van der Waals surface area (Å²) >= 11 is 3.30. The Bertz CT molecular complexity index is 1240. The molecule has 1 aliphatic carbocycles. The summed E-state index contributed by atoms with van der Waals surface area (Å²) in [5.74, 6) is -1.91. The van der Waals surface area contributed by atoms with Crippen molar-refractivity contribution in [2.24, 2.45) is 11.3 Å². The van der Waals surface area contributed by atoms with Crippen LogP contribution >= 0.6 is 15.9 Å². The molecule has 1 saturated heterocycles. The van der Waals surface area contributed by atoms with E-state index < -0.39 is 23.3 Å². The highest BCUT2D eigenvalue weighted by Gasteiger charge is 2.44. The minimum atomic E-state index is -0.848. The average Bonchev–Trinajstić information content (AvgIpc) is 2.80. The number of rotatable bonds is 4. The number of carbonyl (C=O) groups is 3. The Balaban J connectivity index is 1.52. The van der Waals surface area contributed by atoms with Crippen molar-refractivity contribution < 1.29 is 28.2 Å². The van der Waals surface area contributed by atoms with Crippen LogP contribution in [-0.2, 0) is 19.1 Å². The molecule has 1 amide bonds. The monoisotopic (exact) mass is 604 g/mol. The molecule has 1 aromatic carbocycles. The van der Waals surface area contributed by atoms with Crippen LogP contribution in [0.2, 0.25) is 0 Å². The van der Waals surface area contributed by atoms with Crippen molar-refractivity contribution in [3.63, 3.8) is 0 Å². The number of dihydropyridines is 1. The number of Topliss-reactive ketones (excluding diaryl/α,β-unsaturated/α-hetero) is 1. The number of carbonyl (C=O) groups excluding carboxylic acids is 3. The molecule has 39 heavy (non-hydrogen) atoms. The van der Waals surface area contributed by atoms with Gasteiger partial charge in [-0.25, -0.2) is 14.0 Å². The first-order valence-electron chi connectivity index (χ1n) is 13.5. The number of esters is 1. The van der Waals surface area contributed by atoms with Gasteiger partial charge in [0.25, 0.3) is 0 Å². The molecule has 1 N–H and O–H groups in total. The van der Waals surface area contributed by atoms with Crippen LogP contribution in [0.1, 0.15) is 78.7 Å². The highest BCUT2D eigenvalue weighted by Crippen LogP contribution is 2.47. The summed E-state index contributed by atoms with van der Waals surface area (Å²) in [5, 5.41) is 3.29. The van der Waals surface area contributed by atoms with Gasteiger partial charge in [0.1, 0.15) is 11.4 Å². The zero-order valence-electron chi connectivity index (χ0n) is 23.6. The van der Waals surface area contributed by atoms with Crippen molar-refractivity contribution in [2.75, 3.05) is 19.7 Å². The van der Waals surface area contributed by atoms with Gasteiger partial charge in [0.15, 0.2) is 5.78 Å². The Morgan fingerprint density at radius 2 is 1.85 bits per heavy atom. The molecular formula is C30H38BrFN2O5. The predicted molar refractivity (Wildman–Crippen MR) is 149 cm³/mol. The molecule has 212 valence electrons. The van der Waals surface area contributed by atoms with Crippen molar-refractivity contribution in [3.05, 3.63) is 56.6 Å². The van der Waals surface area contributed by atoms with E-state index in [1.807, 2.05) is 34.6 Å². The number of allylic oxidation sites excluding steroid dienone is 3. The smallest absolute Gasteiger partial charge is 0.410 e. The summed E-state index contributed by atoms with van der Waals surface area (Å²) in [6.45, 7) is 12.6. The van der Waals surface area contributed by atoms with Crippen molar-refractivity contribution in [1.29, 1.82) is 0 Å². The molecule has 3 aliphatic rings. The molecule has 0 saturated carbocycles. The van der Waals surface area contributed by atoms with Crippen LogP contribution in [0.3, 0.4) is 0 Å². The van der Waals surface area contributed by atoms with E-state index in [0.717, 1.165) is 5.70 Å². The molecule has 2 heterocycles. The Labute approximate surface area is 238 Å². The SMILES string of the molecule is CC1=C(C(=O)OCC2CCN(C(=O)OC(C)(C)C)CC2)C(c2ccc(Br)cc2F)C2=C(CC(C)(C)CC2=O)N1. The van der Waals surface area contributed by atoms with E-state index in [9.17, 15) is 14.4 Å².